The highest BCUT2D eigenvalue weighted by Gasteiger charge is 2.38. The van der Waals surface area contributed by atoms with E-state index in [0.717, 1.165) is 29.2 Å². The largest absolute Gasteiger partial charge is 0.494 e. The van der Waals surface area contributed by atoms with E-state index in [2.05, 4.69) is 75.9 Å². The van der Waals surface area contributed by atoms with Gasteiger partial charge in [0.15, 0.2) is 0 Å². The lowest BCUT2D eigenvalue weighted by atomic mass is 9.77. The van der Waals surface area contributed by atoms with Crippen LogP contribution in [0.5, 0.6) is 5.75 Å². The first-order valence-corrected chi connectivity index (χ1v) is 12.0. The molecule has 0 spiro atoms. The second-order valence-corrected chi connectivity index (χ2v) is 9.83. The molecule has 5 rings (SSSR count). The van der Waals surface area contributed by atoms with Crippen molar-refractivity contribution in [2.45, 2.75) is 56.9 Å². The van der Waals surface area contributed by atoms with E-state index in [-0.39, 0.29) is 0 Å². The SMILES string of the molecule is Brc1ccc(C2Nc3ccc(OCCC4CCCCC4)cc3C3C=CCC32)cc1. The van der Waals surface area contributed by atoms with Gasteiger partial charge < -0.3 is 10.1 Å². The minimum atomic E-state index is 0.355. The van der Waals surface area contributed by atoms with Crippen LogP contribution in [0.15, 0.2) is 59.1 Å². The molecular weight excluding hydrogens is 422 g/mol. The van der Waals surface area contributed by atoms with Crippen LogP contribution in [0, 0.1) is 11.8 Å². The van der Waals surface area contributed by atoms with Crippen LogP contribution in [0.2, 0.25) is 0 Å². The van der Waals surface area contributed by atoms with Gasteiger partial charge in [0.05, 0.1) is 12.6 Å². The van der Waals surface area contributed by atoms with E-state index < -0.39 is 0 Å². The van der Waals surface area contributed by atoms with Crippen LogP contribution in [0.25, 0.3) is 0 Å². The number of fused-ring (bicyclic) bond motifs is 3. The summed E-state index contributed by atoms with van der Waals surface area (Å²) in [4.78, 5) is 0. The van der Waals surface area contributed by atoms with Crippen LogP contribution >= 0.6 is 15.9 Å². The van der Waals surface area contributed by atoms with Crippen molar-refractivity contribution in [3.63, 3.8) is 0 Å². The van der Waals surface area contributed by atoms with Gasteiger partial charge in [-0.2, -0.15) is 0 Å². The summed E-state index contributed by atoms with van der Waals surface area (Å²) in [7, 11) is 0. The van der Waals surface area contributed by atoms with Crippen molar-refractivity contribution in [3.05, 3.63) is 70.2 Å². The molecule has 3 atom stereocenters. The van der Waals surface area contributed by atoms with Gasteiger partial charge in [0.2, 0.25) is 0 Å². The average Bonchev–Trinajstić information content (AvgIpc) is 3.25. The number of ether oxygens (including phenoxy) is 1. The average molecular weight is 452 g/mol. The smallest absolute Gasteiger partial charge is 0.119 e. The molecule has 0 radical (unpaired) electrons. The molecule has 2 aliphatic carbocycles. The molecule has 2 aromatic carbocycles. The summed E-state index contributed by atoms with van der Waals surface area (Å²) in [6.45, 7) is 0.850. The number of allylic oxidation sites excluding steroid dienone is 2. The Hall–Kier alpha value is -1.74. The van der Waals surface area contributed by atoms with Crippen molar-refractivity contribution in [2.75, 3.05) is 11.9 Å². The zero-order valence-corrected chi connectivity index (χ0v) is 18.5. The maximum atomic E-state index is 6.19. The Labute approximate surface area is 182 Å². The Kier molecular flexibility index (Phi) is 5.67. The molecule has 2 nitrogen and oxygen atoms in total. The van der Waals surface area contributed by atoms with Crippen LogP contribution in [-0.4, -0.2) is 6.61 Å². The zero-order valence-electron chi connectivity index (χ0n) is 16.9. The molecule has 1 aliphatic heterocycles. The molecular formula is C26H30BrNO. The third kappa shape index (κ3) is 4.12. The van der Waals surface area contributed by atoms with Gasteiger partial charge >= 0.3 is 0 Å². The van der Waals surface area contributed by atoms with Crippen molar-refractivity contribution in [1.29, 1.82) is 0 Å². The number of nitrogens with one attached hydrogen (secondary N) is 1. The first-order chi connectivity index (χ1) is 14.3. The highest BCUT2D eigenvalue weighted by atomic mass is 79.9. The van der Waals surface area contributed by atoms with Crippen LogP contribution < -0.4 is 10.1 Å². The van der Waals surface area contributed by atoms with Crippen molar-refractivity contribution >= 4 is 21.6 Å². The molecule has 3 unspecified atom stereocenters. The van der Waals surface area contributed by atoms with E-state index >= 15 is 0 Å². The molecule has 0 bridgehead atoms. The monoisotopic (exact) mass is 451 g/mol. The van der Waals surface area contributed by atoms with Crippen LogP contribution in [0.3, 0.4) is 0 Å². The first kappa shape index (κ1) is 19.2. The van der Waals surface area contributed by atoms with Gasteiger partial charge in [-0.05, 0) is 66.1 Å². The quantitative estimate of drug-likeness (QED) is 0.471. The number of anilines is 1. The molecule has 1 N–H and O–H groups in total. The Morgan fingerprint density at radius 3 is 2.66 bits per heavy atom. The number of benzene rings is 2. The molecule has 3 aliphatic rings. The maximum Gasteiger partial charge on any atom is 0.119 e. The normalized spacial score (nSPS) is 25.9. The minimum absolute atomic E-state index is 0.355. The standard InChI is InChI=1S/C26H30BrNO/c27-20-11-9-19(10-12-20)26-23-8-4-7-22(23)24-17-21(13-14-25(24)28-26)29-16-15-18-5-2-1-3-6-18/h4,7,9-14,17-18,22-23,26,28H,1-3,5-6,8,15-16H2. The van der Waals surface area contributed by atoms with Crippen molar-refractivity contribution < 1.29 is 4.74 Å². The zero-order chi connectivity index (χ0) is 19.6. The lowest BCUT2D eigenvalue weighted by Gasteiger charge is -2.37. The number of halogens is 1. The highest BCUT2D eigenvalue weighted by molar-refractivity contribution is 9.10. The van der Waals surface area contributed by atoms with Gasteiger partial charge in [-0.15, -0.1) is 0 Å². The van der Waals surface area contributed by atoms with E-state index in [0.29, 0.717) is 17.9 Å². The molecule has 29 heavy (non-hydrogen) atoms. The molecule has 1 heterocycles. The summed E-state index contributed by atoms with van der Waals surface area (Å²) in [5.74, 6) is 2.95. The fraction of sp³-hybridized carbons (Fsp3) is 0.462. The Morgan fingerprint density at radius 2 is 1.83 bits per heavy atom. The van der Waals surface area contributed by atoms with E-state index in [1.165, 1.54) is 55.3 Å². The lowest BCUT2D eigenvalue weighted by Crippen LogP contribution is -2.29. The molecule has 1 saturated carbocycles. The summed E-state index contributed by atoms with van der Waals surface area (Å²) in [5, 5.41) is 3.83. The molecule has 3 heteroatoms. The molecule has 1 fully saturated rings. The summed E-state index contributed by atoms with van der Waals surface area (Å²) < 4.78 is 7.32. The maximum absolute atomic E-state index is 6.19. The van der Waals surface area contributed by atoms with Gasteiger partial charge in [0.1, 0.15) is 5.75 Å². The third-order valence-corrected chi connectivity index (χ3v) is 7.61. The molecule has 0 saturated heterocycles. The molecule has 2 aromatic rings. The Morgan fingerprint density at radius 1 is 1.00 bits per heavy atom. The fourth-order valence-electron chi connectivity index (χ4n) is 5.48. The van der Waals surface area contributed by atoms with E-state index in [9.17, 15) is 0 Å². The molecule has 0 aromatic heterocycles. The topological polar surface area (TPSA) is 21.3 Å². The van der Waals surface area contributed by atoms with Gasteiger partial charge in [-0.1, -0.05) is 72.3 Å². The van der Waals surface area contributed by atoms with Crippen molar-refractivity contribution in [3.8, 4) is 5.75 Å². The predicted molar refractivity (Wildman–Crippen MR) is 124 cm³/mol. The fourth-order valence-corrected chi connectivity index (χ4v) is 5.75. The van der Waals surface area contributed by atoms with Crippen LogP contribution in [0.4, 0.5) is 5.69 Å². The second-order valence-electron chi connectivity index (χ2n) is 8.92. The van der Waals surface area contributed by atoms with Crippen LogP contribution in [0.1, 0.15) is 68.0 Å². The van der Waals surface area contributed by atoms with E-state index in [1.807, 2.05) is 0 Å². The number of hydrogen-bond acceptors (Lipinski definition) is 2. The summed E-state index contributed by atoms with van der Waals surface area (Å²) >= 11 is 3.56. The van der Waals surface area contributed by atoms with E-state index in [1.54, 1.807) is 0 Å². The summed E-state index contributed by atoms with van der Waals surface area (Å²) in [6, 6.07) is 15.8. The van der Waals surface area contributed by atoms with E-state index in [4.69, 9.17) is 4.74 Å². The van der Waals surface area contributed by atoms with Gasteiger partial charge in [-0.25, -0.2) is 0 Å². The lowest BCUT2D eigenvalue weighted by molar-refractivity contribution is 0.246. The third-order valence-electron chi connectivity index (χ3n) is 7.08. The van der Waals surface area contributed by atoms with Gasteiger partial charge in [0.25, 0.3) is 0 Å². The number of rotatable bonds is 5. The second kappa shape index (κ2) is 8.55. The predicted octanol–water partition coefficient (Wildman–Crippen LogP) is 7.62. The minimum Gasteiger partial charge on any atom is -0.494 e. The summed E-state index contributed by atoms with van der Waals surface area (Å²) in [6.07, 6.45) is 14.1. The van der Waals surface area contributed by atoms with Gasteiger partial charge in [0, 0.05) is 16.1 Å². The first-order valence-electron chi connectivity index (χ1n) is 11.2. The summed E-state index contributed by atoms with van der Waals surface area (Å²) in [5.41, 5.74) is 4.02. The number of hydrogen-bond donors (Lipinski definition) is 1. The van der Waals surface area contributed by atoms with Crippen molar-refractivity contribution in [2.24, 2.45) is 11.8 Å². The Balaban J connectivity index is 1.31. The van der Waals surface area contributed by atoms with Gasteiger partial charge in [-0.3, -0.25) is 0 Å². The Bertz CT molecular complexity index is 869. The van der Waals surface area contributed by atoms with Crippen LogP contribution in [-0.2, 0) is 0 Å². The molecule has 0 amide bonds. The molecule has 152 valence electrons. The van der Waals surface area contributed by atoms with Crippen molar-refractivity contribution in [1.82, 2.24) is 0 Å². The highest BCUT2D eigenvalue weighted by Crippen LogP contribution is 2.50.